The lowest BCUT2D eigenvalue weighted by Gasteiger charge is -2.21. The van der Waals surface area contributed by atoms with Gasteiger partial charge in [-0.15, -0.1) is 0 Å². The van der Waals surface area contributed by atoms with Crippen LogP contribution in [0.15, 0.2) is 48.5 Å². The van der Waals surface area contributed by atoms with Gasteiger partial charge in [0.2, 0.25) is 0 Å². The molecule has 1 aliphatic rings. The molecule has 0 spiro atoms. The highest BCUT2D eigenvalue weighted by Gasteiger charge is 2.34. The first kappa shape index (κ1) is 14.1. The molecule has 0 unspecified atom stereocenters. The topological polar surface area (TPSA) is 12.0 Å². The summed E-state index contributed by atoms with van der Waals surface area (Å²) in [6.07, 6.45) is 5.54. The molecular formula is C20H23N. The summed E-state index contributed by atoms with van der Waals surface area (Å²) in [5.41, 5.74) is 7.06. The lowest BCUT2D eigenvalue weighted by Crippen LogP contribution is -2.14. The van der Waals surface area contributed by atoms with E-state index in [0.29, 0.717) is 0 Å². The van der Waals surface area contributed by atoms with Gasteiger partial charge in [0.05, 0.1) is 0 Å². The van der Waals surface area contributed by atoms with E-state index in [1.54, 1.807) is 0 Å². The van der Waals surface area contributed by atoms with Gasteiger partial charge in [0.1, 0.15) is 0 Å². The second-order valence-corrected chi connectivity index (χ2v) is 6.27. The molecule has 3 rings (SSSR count). The van der Waals surface area contributed by atoms with Crippen LogP contribution in [0.25, 0.3) is 17.2 Å². The smallest absolute Gasteiger partial charge is 0.0159 e. The first-order valence-electron chi connectivity index (χ1n) is 7.70. The SMILES string of the molecule is CNCCC=Cc1ccc2c(c1)C(C)(C)c1ccccc1-2. The molecular weight excluding hydrogens is 254 g/mol. The Bertz CT molecular complexity index is 680. The normalized spacial score (nSPS) is 15.2. The Morgan fingerprint density at radius 3 is 2.57 bits per heavy atom. The number of hydrogen-bond acceptors (Lipinski definition) is 1. The monoisotopic (exact) mass is 277 g/mol. The van der Waals surface area contributed by atoms with Gasteiger partial charge >= 0.3 is 0 Å². The van der Waals surface area contributed by atoms with E-state index in [1.807, 2.05) is 7.05 Å². The molecule has 0 fully saturated rings. The molecule has 1 heteroatoms. The second-order valence-electron chi connectivity index (χ2n) is 6.27. The highest BCUT2D eigenvalue weighted by molar-refractivity contribution is 5.81. The predicted octanol–water partition coefficient (Wildman–Crippen LogP) is 4.62. The summed E-state index contributed by atoms with van der Waals surface area (Å²) in [7, 11) is 1.99. The fourth-order valence-electron chi connectivity index (χ4n) is 3.27. The molecule has 1 nitrogen and oxygen atoms in total. The van der Waals surface area contributed by atoms with E-state index in [1.165, 1.54) is 27.8 Å². The van der Waals surface area contributed by atoms with Crippen molar-refractivity contribution in [2.45, 2.75) is 25.7 Å². The maximum Gasteiger partial charge on any atom is 0.0159 e. The minimum atomic E-state index is 0.0980. The molecule has 1 N–H and O–H groups in total. The third kappa shape index (κ3) is 2.43. The van der Waals surface area contributed by atoms with Crippen molar-refractivity contribution in [2.75, 3.05) is 13.6 Å². The van der Waals surface area contributed by atoms with Crippen molar-refractivity contribution in [1.82, 2.24) is 5.32 Å². The number of benzene rings is 2. The lowest BCUT2D eigenvalue weighted by molar-refractivity contribution is 0.660. The van der Waals surface area contributed by atoms with Crippen LogP contribution >= 0.6 is 0 Å². The number of fused-ring (bicyclic) bond motifs is 3. The summed E-state index contributed by atoms with van der Waals surface area (Å²) >= 11 is 0. The molecule has 0 saturated carbocycles. The summed E-state index contributed by atoms with van der Waals surface area (Å²) in [4.78, 5) is 0. The molecule has 0 aromatic heterocycles. The van der Waals surface area contributed by atoms with Crippen LogP contribution in [0.3, 0.4) is 0 Å². The summed E-state index contributed by atoms with van der Waals surface area (Å²) < 4.78 is 0. The molecule has 1 aliphatic carbocycles. The summed E-state index contributed by atoms with van der Waals surface area (Å²) in [6.45, 7) is 5.68. The molecule has 0 saturated heterocycles. The number of rotatable bonds is 4. The van der Waals surface area contributed by atoms with Gasteiger partial charge in [-0.05, 0) is 47.8 Å². The van der Waals surface area contributed by atoms with Crippen molar-refractivity contribution in [3.8, 4) is 11.1 Å². The zero-order chi connectivity index (χ0) is 14.9. The van der Waals surface area contributed by atoms with Crippen LogP contribution in [0.4, 0.5) is 0 Å². The van der Waals surface area contributed by atoms with E-state index in [4.69, 9.17) is 0 Å². The van der Waals surface area contributed by atoms with Gasteiger partial charge in [-0.2, -0.15) is 0 Å². The van der Waals surface area contributed by atoms with Gasteiger partial charge in [-0.25, -0.2) is 0 Å². The van der Waals surface area contributed by atoms with Crippen LogP contribution in [0, 0.1) is 0 Å². The first-order valence-corrected chi connectivity index (χ1v) is 7.70. The largest absolute Gasteiger partial charge is 0.319 e. The van der Waals surface area contributed by atoms with Crippen molar-refractivity contribution in [1.29, 1.82) is 0 Å². The van der Waals surface area contributed by atoms with Gasteiger partial charge < -0.3 is 5.32 Å². The van der Waals surface area contributed by atoms with E-state index >= 15 is 0 Å². The van der Waals surface area contributed by atoms with E-state index in [0.717, 1.165) is 13.0 Å². The minimum Gasteiger partial charge on any atom is -0.319 e. The molecule has 0 amide bonds. The Hall–Kier alpha value is -1.86. The minimum absolute atomic E-state index is 0.0980. The van der Waals surface area contributed by atoms with Crippen LogP contribution in [0.5, 0.6) is 0 Å². The van der Waals surface area contributed by atoms with Crippen LogP contribution in [0.1, 0.15) is 37.0 Å². The summed E-state index contributed by atoms with van der Waals surface area (Å²) in [6, 6.07) is 15.6. The highest BCUT2D eigenvalue weighted by atomic mass is 14.8. The fourth-order valence-corrected chi connectivity index (χ4v) is 3.27. The van der Waals surface area contributed by atoms with Crippen LogP contribution < -0.4 is 5.32 Å². The van der Waals surface area contributed by atoms with Crippen molar-refractivity contribution in [3.63, 3.8) is 0 Å². The molecule has 2 aromatic carbocycles. The molecule has 21 heavy (non-hydrogen) atoms. The van der Waals surface area contributed by atoms with E-state index < -0.39 is 0 Å². The third-order valence-electron chi connectivity index (χ3n) is 4.48. The van der Waals surface area contributed by atoms with Gasteiger partial charge in [0, 0.05) is 5.41 Å². The molecule has 0 aliphatic heterocycles. The average molecular weight is 277 g/mol. The Kier molecular flexibility index (Phi) is 3.69. The van der Waals surface area contributed by atoms with Crippen LogP contribution in [-0.2, 0) is 5.41 Å². The maximum atomic E-state index is 3.17. The van der Waals surface area contributed by atoms with E-state index in [2.05, 4.69) is 73.8 Å². The third-order valence-corrected chi connectivity index (χ3v) is 4.48. The standard InChI is InChI=1S/C20H23N/c1-20(2)18-10-5-4-9-16(18)17-12-11-15(14-19(17)20)8-6-7-13-21-3/h4-6,8-12,14,21H,7,13H2,1-3H3. The zero-order valence-corrected chi connectivity index (χ0v) is 13.1. The van der Waals surface area contributed by atoms with Gasteiger partial charge in [-0.3, -0.25) is 0 Å². The van der Waals surface area contributed by atoms with Crippen LogP contribution in [0.2, 0.25) is 0 Å². The Labute approximate surface area is 127 Å². The molecule has 0 radical (unpaired) electrons. The van der Waals surface area contributed by atoms with Crippen LogP contribution in [-0.4, -0.2) is 13.6 Å². The number of hydrogen-bond donors (Lipinski definition) is 1. The Morgan fingerprint density at radius 1 is 1.00 bits per heavy atom. The molecule has 0 heterocycles. The van der Waals surface area contributed by atoms with E-state index in [-0.39, 0.29) is 5.41 Å². The fraction of sp³-hybridized carbons (Fsp3) is 0.300. The lowest BCUT2D eigenvalue weighted by atomic mass is 9.82. The predicted molar refractivity (Wildman–Crippen MR) is 91.6 cm³/mol. The Balaban J connectivity index is 1.98. The Morgan fingerprint density at radius 2 is 1.76 bits per heavy atom. The van der Waals surface area contributed by atoms with Crippen molar-refractivity contribution < 1.29 is 0 Å². The van der Waals surface area contributed by atoms with Gasteiger partial charge in [-0.1, -0.05) is 68.5 Å². The molecule has 0 bridgehead atoms. The molecule has 2 aromatic rings. The van der Waals surface area contributed by atoms with Gasteiger partial charge in [0.25, 0.3) is 0 Å². The molecule has 0 atom stereocenters. The average Bonchev–Trinajstić information content (AvgIpc) is 2.73. The molecule has 108 valence electrons. The highest BCUT2D eigenvalue weighted by Crippen LogP contribution is 2.48. The van der Waals surface area contributed by atoms with Crippen molar-refractivity contribution in [2.24, 2.45) is 0 Å². The van der Waals surface area contributed by atoms with E-state index in [9.17, 15) is 0 Å². The quantitative estimate of drug-likeness (QED) is 0.804. The summed E-state index contributed by atoms with van der Waals surface area (Å²) in [5, 5.41) is 3.17. The zero-order valence-electron chi connectivity index (χ0n) is 13.1. The van der Waals surface area contributed by atoms with Gasteiger partial charge in [0.15, 0.2) is 0 Å². The summed E-state index contributed by atoms with van der Waals surface area (Å²) in [5.74, 6) is 0. The maximum absolute atomic E-state index is 3.17. The first-order chi connectivity index (χ1) is 10.1. The second kappa shape index (κ2) is 5.50. The van der Waals surface area contributed by atoms with Crippen molar-refractivity contribution in [3.05, 3.63) is 65.2 Å². The van der Waals surface area contributed by atoms with Crippen molar-refractivity contribution >= 4 is 6.08 Å². The number of nitrogens with one attached hydrogen (secondary N) is 1.